The molecule has 1 N–H and O–H groups in total. The highest BCUT2D eigenvalue weighted by atomic mass is 16.4. The third-order valence-electron chi connectivity index (χ3n) is 4.24. The van der Waals surface area contributed by atoms with Crippen molar-refractivity contribution in [3.8, 4) is 0 Å². The number of hydrogen-bond donors (Lipinski definition) is 1. The van der Waals surface area contributed by atoms with Crippen LogP contribution in [-0.4, -0.2) is 59.1 Å². The van der Waals surface area contributed by atoms with Crippen LogP contribution < -0.4 is 0 Å². The number of likely N-dealkylation sites (N-methyl/N-ethyl adjacent to an activating group) is 1. The molecule has 4 nitrogen and oxygen atoms in total. The van der Waals surface area contributed by atoms with Crippen molar-refractivity contribution in [3.05, 3.63) is 0 Å². The van der Waals surface area contributed by atoms with Crippen molar-refractivity contribution in [2.24, 2.45) is 5.92 Å². The molecule has 1 saturated heterocycles. The maximum absolute atomic E-state index is 11.3. The van der Waals surface area contributed by atoms with Crippen LogP contribution in [0.2, 0.25) is 0 Å². The SMILES string of the molecule is CCN(CC)C1CCN(C(C(=O)O)C2CC2)C1. The topological polar surface area (TPSA) is 43.8 Å². The highest BCUT2D eigenvalue weighted by molar-refractivity contribution is 5.74. The Kier molecular flexibility index (Phi) is 4.05. The van der Waals surface area contributed by atoms with Gasteiger partial charge in [0.15, 0.2) is 0 Å². The summed E-state index contributed by atoms with van der Waals surface area (Å²) in [7, 11) is 0. The van der Waals surface area contributed by atoms with Crippen molar-refractivity contribution in [1.82, 2.24) is 9.80 Å². The average molecular weight is 240 g/mol. The normalized spacial score (nSPS) is 27.6. The van der Waals surface area contributed by atoms with Gasteiger partial charge in [0.25, 0.3) is 0 Å². The number of nitrogens with zero attached hydrogens (tertiary/aromatic N) is 2. The number of rotatable bonds is 6. The van der Waals surface area contributed by atoms with E-state index in [1.807, 2.05) is 0 Å². The van der Waals surface area contributed by atoms with E-state index in [2.05, 4.69) is 23.6 Å². The zero-order valence-electron chi connectivity index (χ0n) is 10.9. The van der Waals surface area contributed by atoms with Crippen LogP contribution in [0.1, 0.15) is 33.1 Å². The van der Waals surface area contributed by atoms with Gasteiger partial charge in [-0.15, -0.1) is 0 Å². The van der Waals surface area contributed by atoms with Crippen LogP contribution in [0, 0.1) is 5.92 Å². The fraction of sp³-hybridized carbons (Fsp3) is 0.923. The molecular weight excluding hydrogens is 216 g/mol. The zero-order valence-corrected chi connectivity index (χ0v) is 10.9. The first-order valence-electron chi connectivity index (χ1n) is 6.88. The molecular formula is C13H24N2O2. The third-order valence-corrected chi connectivity index (χ3v) is 4.24. The van der Waals surface area contributed by atoms with Gasteiger partial charge in [-0.25, -0.2) is 0 Å². The Bertz CT molecular complexity index is 275. The van der Waals surface area contributed by atoms with E-state index in [9.17, 15) is 9.90 Å². The molecule has 98 valence electrons. The van der Waals surface area contributed by atoms with Gasteiger partial charge in [-0.2, -0.15) is 0 Å². The molecule has 4 heteroatoms. The van der Waals surface area contributed by atoms with Crippen LogP contribution in [0.3, 0.4) is 0 Å². The first-order valence-corrected chi connectivity index (χ1v) is 6.88. The average Bonchev–Trinajstić information content (AvgIpc) is 3.00. The summed E-state index contributed by atoms with van der Waals surface area (Å²) in [5, 5.41) is 9.33. The Labute approximate surface area is 104 Å². The van der Waals surface area contributed by atoms with Gasteiger partial charge in [0.1, 0.15) is 6.04 Å². The van der Waals surface area contributed by atoms with Crippen LogP contribution in [0.25, 0.3) is 0 Å². The molecule has 1 saturated carbocycles. The monoisotopic (exact) mass is 240 g/mol. The van der Waals surface area contributed by atoms with Gasteiger partial charge in [-0.3, -0.25) is 14.6 Å². The lowest BCUT2D eigenvalue weighted by atomic mass is 10.1. The molecule has 2 atom stereocenters. The first kappa shape index (κ1) is 12.8. The van der Waals surface area contributed by atoms with Crippen LogP contribution in [0.5, 0.6) is 0 Å². The lowest BCUT2D eigenvalue weighted by Crippen LogP contribution is -2.44. The van der Waals surface area contributed by atoms with Crippen LogP contribution in [0.4, 0.5) is 0 Å². The lowest BCUT2D eigenvalue weighted by Gasteiger charge is -2.28. The molecule has 0 radical (unpaired) electrons. The molecule has 1 heterocycles. The first-order chi connectivity index (χ1) is 8.17. The Morgan fingerprint density at radius 3 is 2.47 bits per heavy atom. The molecule has 17 heavy (non-hydrogen) atoms. The lowest BCUT2D eigenvalue weighted by molar-refractivity contribution is -0.143. The van der Waals surface area contributed by atoms with E-state index in [1.54, 1.807) is 0 Å². The Morgan fingerprint density at radius 1 is 1.35 bits per heavy atom. The smallest absolute Gasteiger partial charge is 0.321 e. The Morgan fingerprint density at radius 2 is 2.00 bits per heavy atom. The predicted octanol–water partition coefficient (Wildman–Crippen LogP) is 1.27. The van der Waals surface area contributed by atoms with Crippen molar-refractivity contribution < 1.29 is 9.90 Å². The second kappa shape index (κ2) is 5.36. The summed E-state index contributed by atoms with van der Waals surface area (Å²) >= 11 is 0. The van der Waals surface area contributed by atoms with Gasteiger partial charge in [0.2, 0.25) is 0 Å². The molecule has 0 aromatic heterocycles. The van der Waals surface area contributed by atoms with Gasteiger partial charge in [-0.1, -0.05) is 13.8 Å². The Balaban J connectivity index is 1.93. The largest absolute Gasteiger partial charge is 0.480 e. The molecule has 0 aromatic rings. The van der Waals surface area contributed by atoms with Crippen LogP contribution in [-0.2, 0) is 4.79 Å². The number of aliphatic carboxylic acids is 1. The van der Waals surface area contributed by atoms with Crippen LogP contribution in [0.15, 0.2) is 0 Å². The summed E-state index contributed by atoms with van der Waals surface area (Å²) in [6.45, 7) is 8.39. The number of likely N-dealkylation sites (tertiary alicyclic amines) is 1. The second-order valence-electron chi connectivity index (χ2n) is 5.28. The second-order valence-corrected chi connectivity index (χ2v) is 5.28. The number of carboxylic acids is 1. The molecule has 2 fully saturated rings. The van der Waals surface area contributed by atoms with Gasteiger partial charge < -0.3 is 5.11 Å². The summed E-state index contributed by atoms with van der Waals surface area (Å²) in [4.78, 5) is 16.0. The Hall–Kier alpha value is -0.610. The van der Waals surface area contributed by atoms with Gasteiger partial charge >= 0.3 is 5.97 Å². The molecule has 2 rings (SSSR count). The highest BCUT2D eigenvalue weighted by Gasteiger charge is 2.43. The summed E-state index contributed by atoms with van der Waals surface area (Å²) in [6, 6.07) is 0.348. The minimum atomic E-state index is -0.618. The minimum Gasteiger partial charge on any atom is -0.480 e. The van der Waals surface area contributed by atoms with Gasteiger partial charge in [-0.05, 0) is 38.3 Å². The molecule has 1 aliphatic carbocycles. The summed E-state index contributed by atoms with van der Waals surface area (Å²) in [5.74, 6) is -0.198. The van der Waals surface area contributed by atoms with E-state index < -0.39 is 5.97 Å². The maximum atomic E-state index is 11.3. The molecule has 0 aromatic carbocycles. The minimum absolute atomic E-state index is 0.212. The van der Waals surface area contributed by atoms with E-state index in [1.165, 1.54) is 0 Å². The van der Waals surface area contributed by atoms with Crippen LogP contribution >= 0.6 is 0 Å². The van der Waals surface area contributed by atoms with Crippen molar-refractivity contribution in [1.29, 1.82) is 0 Å². The third kappa shape index (κ3) is 2.80. The van der Waals surface area contributed by atoms with E-state index in [0.717, 1.165) is 45.4 Å². The number of carbonyl (C=O) groups is 1. The molecule has 1 aliphatic heterocycles. The molecule has 2 unspecified atom stereocenters. The molecule has 0 spiro atoms. The van der Waals surface area contributed by atoms with Crippen molar-refractivity contribution >= 4 is 5.97 Å². The van der Waals surface area contributed by atoms with E-state index in [-0.39, 0.29) is 6.04 Å². The summed E-state index contributed by atoms with van der Waals surface area (Å²) < 4.78 is 0. The summed E-state index contributed by atoms with van der Waals surface area (Å²) in [5.41, 5.74) is 0. The van der Waals surface area contributed by atoms with E-state index >= 15 is 0 Å². The highest BCUT2D eigenvalue weighted by Crippen LogP contribution is 2.37. The number of carboxylic acid groups (broad SMARTS) is 1. The molecule has 0 bridgehead atoms. The fourth-order valence-electron chi connectivity index (χ4n) is 3.13. The van der Waals surface area contributed by atoms with Crippen molar-refractivity contribution in [2.45, 2.75) is 45.2 Å². The van der Waals surface area contributed by atoms with E-state index in [4.69, 9.17) is 0 Å². The maximum Gasteiger partial charge on any atom is 0.321 e. The fourth-order valence-corrected chi connectivity index (χ4v) is 3.13. The van der Waals surface area contributed by atoms with Crippen molar-refractivity contribution in [2.75, 3.05) is 26.2 Å². The quantitative estimate of drug-likeness (QED) is 0.759. The predicted molar refractivity (Wildman–Crippen MR) is 67.0 cm³/mol. The molecule has 2 aliphatic rings. The van der Waals surface area contributed by atoms with E-state index in [0.29, 0.717) is 12.0 Å². The summed E-state index contributed by atoms with van der Waals surface area (Å²) in [6.07, 6.45) is 3.32. The van der Waals surface area contributed by atoms with Gasteiger partial charge in [0.05, 0.1) is 0 Å². The molecule has 0 amide bonds. The zero-order chi connectivity index (χ0) is 12.4. The number of hydrogen-bond acceptors (Lipinski definition) is 3. The van der Waals surface area contributed by atoms with Gasteiger partial charge in [0, 0.05) is 19.1 Å². The van der Waals surface area contributed by atoms with Crippen molar-refractivity contribution in [3.63, 3.8) is 0 Å². The standard InChI is InChI=1S/C13H24N2O2/c1-3-14(4-2)11-7-8-15(9-11)12(13(16)17)10-5-6-10/h10-12H,3-9H2,1-2H3,(H,16,17).